The molecule has 0 saturated heterocycles. The molecule has 0 atom stereocenters. The van der Waals surface area contributed by atoms with Crippen LogP contribution in [-0.2, 0) is 26.5 Å². The number of nitrogens with zero attached hydrogens (tertiary/aromatic N) is 4. The number of para-hydroxylation sites is 1. The Balaban J connectivity index is 0.000000233. The van der Waals surface area contributed by atoms with Gasteiger partial charge in [0.1, 0.15) is 5.58 Å². The number of aromatic nitrogens is 4. The zero-order chi connectivity index (χ0) is 43.0. The fraction of sp³-hybridized carbons (Fsp3) is 0.255. The predicted octanol–water partition coefficient (Wildman–Crippen LogP) is 14.3. The van der Waals surface area contributed by atoms with E-state index in [1.54, 1.807) is 4.40 Å². The predicted molar refractivity (Wildman–Crippen MR) is 259 cm³/mol. The Bertz CT molecular complexity index is 2950. The Hall–Kier alpha value is -5.14. The first-order chi connectivity index (χ1) is 29.3. The maximum absolute atomic E-state index is 6.48. The third-order valence-electron chi connectivity index (χ3n) is 11.4. The summed E-state index contributed by atoms with van der Waals surface area (Å²) in [4.78, 5) is 14.5. The van der Waals surface area contributed by atoms with Crippen molar-refractivity contribution in [3.63, 3.8) is 0 Å². The van der Waals surface area contributed by atoms with E-state index >= 15 is 0 Å². The molecule has 0 aliphatic rings. The van der Waals surface area contributed by atoms with E-state index in [4.69, 9.17) is 14.4 Å². The summed E-state index contributed by atoms with van der Waals surface area (Å²) >= 11 is -1.86. The number of aryl methyl sites for hydroxylation is 1. The standard InChI is InChI=1S/C37H32N3O.C18H24GeN.Ir/c1-22(2)30-19-26(25-12-7-6-8-13-25)20-31(23(3)4)35(30)40-33-18-24(5)38-21-32(33)39-37(40)29-16-11-15-28-27-14-9-10-17-34(27)41-36(28)29;1-14(2)11-16-12-18(15-9-7-6-8-10-15)20-13-17(16)19(3,4)5;/h6-15,17-23H,1-5H3;6-9,12-14H,11H2,1-5H3;/q2*-1;. The van der Waals surface area contributed by atoms with Gasteiger partial charge < -0.3 is 8.98 Å². The van der Waals surface area contributed by atoms with E-state index in [9.17, 15) is 0 Å². The van der Waals surface area contributed by atoms with E-state index in [-0.39, 0.29) is 31.9 Å². The molecule has 9 rings (SSSR count). The molecule has 317 valence electrons. The number of benzene rings is 5. The van der Waals surface area contributed by atoms with Crippen LogP contribution in [0.4, 0.5) is 0 Å². The Morgan fingerprint density at radius 2 is 1.39 bits per heavy atom. The number of pyridine rings is 2. The van der Waals surface area contributed by atoms with E-state index in [1.807, 2.05) is 49.5 Å². The molecule has 0 fully saturated rings. The smallest absolute Gasteiger partial charge is 0.120 e. The zero-order valence-electron chi connectivity index (χ0n) is 37.6. The van der Waals surface area contributed by atoms with Gasteiger partial charge >= 0.3 is 126 Å². The van der Waals surface area contributed by atoms with Crippen molar-refractivity contribution in [3.8, 4) is 39.5 Å². The molecule has 0 N–H and O–H groups in total. The van der Waals surface area contributed by atoms with Crippen LogP contribution in [0.2, 0.25) is 17.3 Å². The first-order valence-corrected chi connectivity index (χ1v) is 29.0. The van der Waals surface area contributed by atoms with E-state index in [1.165, 1.54) is 33.5 Å². The summed E-state index contributed by atoms with van der Waals surface area (Å²) in [5.74, 6) is 9.37. The Labute approximate surface area is 383 Å². The van der Waals surface area contributed by atoms with Crippen molar-refractivity contribution in [1.29, 1.82) is 0 Å². The van der Waals surface area contributed by atoms with Crippen LogP contribution < -0.4 is 4.40 Å². The average Bonchev–Trinajstić information content (AvgIpc) is 3.81. The van der Waals surface area contributed by atoms with Gasteiger partial charge in [-0.1, -0.05) is 87.2 Å². The molecule has 0 spiro atoms. The number of fused-ring (bicyclic) bond motifs is 4. The molecular weight excluding hydrogens is 997 g/mol. The van der Waals surface area contributed by atoms with Crippen LogP contribution in [0.25, 0.3) is 72.4 Å². The Morgan fingerprint density at radius 1 is 0.694 bits per heavy atom. The summed E-state index contributed by atoms with van der Waals surface area (Å²) in [6.07, 6.45) is 5.15. The van der Waals surface area contributed by atoms with Crippen LogP contribution in [0.5, 0.6) is 0 Å². The third-order valence-corrected chi connectivity index (χ3v) is 15.7. The summed E-state index contributed by atoms with van der Waals surface area (Å²) in [7, 11) is 0. The van der Waals surface area contributed by atoms with Crippen molar-refractivity contribution in [3.05, 3.63) is 162 Å². The Kier molecular flexibility index (Phi) is 13.5. The molecule has 0 aliphatic heterocycles. The number of rotatable bonds is 9. The van der Waals surface area contributed by atoms with E-state index in [0.717, 1.165) is 67.7 Å². The van der Waals surface area contributed by atoms with Gasteiger partial charge in [-0.3, -0.25) is 9.97 Å². The van der Waals surface area contributed by atoms with E-state index in [0.29, 0.717) is 5.92 Å². The molecule has 1 radical (unpaired) electrons. The molecule has 0 bridgehead atoms. The number of hydrogen-bond acceptors (Lipinski definition) is 4. The van der Waals surface area contributed by atoms with Crippen LogP contribution in [0.1, 0.15) is 75.8 Å². The number of hydrogen-bond donors (Lipinski definition) is 0. The third kappa shape index (κ3) is 9.15. The molecule has 5 nitrogen and oxygen atoms in total. The van der Waals surface area contributed by atoms with Gasteiger partial charge in [0.05, 0.1) is 28.6 Å². The van der Waals surface area contributed by atoms with Gasteiger partial charge in [-0.25, -0.2) is 0 Å². The monoisotopic (exact) mass is 1060 g/mol. The minimum absolute atomic E-state index is 0. The second-order valence-corrected chi connectivity index (χ2v) is 28.9. The van der Waals surface area contributed by atoms with Crippen molar-refractivity contribution in [2.24, 2.45) is 5.92 Å². The molecule has 4 heterocycles. The summed E-state index contributed by atoms with van der Waals surface area (Å²) < 4.78 is 10.4. The van der Waals surface area contributed by atoms with Crippen LogP contribution in [0.3, 0.4) is 0 Å². The minimum Gasteiger partial charge on any atom is -0.501 e. The van der Waals surface area contributed by atoms with E-state index in [2.05, 4.69) is 166 Å². The van der Waals surface area contributed by atoms with Crippen molar-refractivity contribution in [1.82, 2.24) is 19.5 Å². The topological polar surface area (TPSA) is 56.7 Å². The maximum atomic E-state index is 6.48. The molecule has 0 unspecified atom stereocenters. The molecular formula is C55H56GeIrN4O-2. The average molecular weight is 1050 g/mol. The largest absolute Gasteiger partial charge is 0.501 e. The molecule has 7 heteroatoms. The minimum atomic E-state index is -1.86. The van der Waals surface area contributed by atoms with Crippen LogP contribution in [0.15, 0.2) is 132 Å². The van der Waals surface area contributed by atoms with Crippen LogP contribution >= 0.6 is 0 Å². The molecule has 9 aromatic rings. The van der Waals surface area contributed by atoms with Gasteiger partial charge in [0.25, 0.3) is 0 Å². The van der Waals surface area contributed by atoms with Gasteiger partial charge in [-0.15, -0.1) is 18.2 Å². The van der Waals surface area contributed by atoms with Gasteiger partial charge in [0, 0.05) is 36.9 Å². The second kappa shape index (κ2) is 18.7. The molecule has 0 aliphatic carbocycles. The quantitative estimate of drug-likeness (QED) is 0.107. The molecule has 4 aromatic heterocycles. The second-order valence-electron chi connectivity index (χ2n) is 18.3. The van der Waals surface area contributed by atoms with Crippen molar-refractivity contribution < 1.29 is 24.5 Å². The fourth-order valence-corrected chi connectivity index (χ4v) is 11.8. The van der Waals surface area contributed by atoms with Crippen molar-refractivity contribution in [2.45, 2.75) is 84.0 Å². The first kappa shape index (κ1) is 44.9. The number of furan rings is 1. The first-order valence-electron chi connectivity index (χ1n) is 21.7. The number of imidazole rings is 1. The van der Waals surface area contributed by atoms with Gasteiger partial charge in [-0.05, 0) is 65.3 Å². The Morgan fingerprint density at radius 3 is 2.05 bits per heavy atom. The molecule has 0 saturated carbocycles. The molecule has 0 amide bonds. The zero-order valence-corrected chi connectivity index (χ0v) is 42.1. The van der Waals surface area contributed by atoms with Gasteiger partial charge in [0.2, 0.25) is 0 Å². The fourth-order valence-electron chi connectivity index (χ4n) is 8.43. The summed E-state index contributed by atoms with van der Waals surface area (Å²) in [5.41, 5.74) is 15.2. The maximum Gasteiger partial charge on any atom is 0.120 e. The van der Waals surface area contributed by atoms with E-state index < -0.39 is 13.3 Å². The van der Waals surface area contributed by atoms with Crippen LogP contribution in [0, 0.1) is 25.0 Å². The molecule has 62 heavy (non-hydrogen) atoms. The van der Waals surface area contributed by atoms with Crippen LogP contribution in [-0.4, -0.2) is 32.8 Å². The van der Waals surface area contributed by atoms with Crippen molar-refractivity contribution in [2.75, 3.05) is 0 Å². The summed E-state index contributed by atoms with van der Waals surface area (Å²) in [6, 6.07) is 46.9. The van der Waals surface area contributed by atoms with Gasteiger partial charge in [0.15, 0.2) is 0 Å². The SMILES string of the molecule is CC(C)Cc1cc(-c2[c-]cccc2)nc[c]1[Ge]([CH3])([CH3])[CH3].Cc1cc2c(cn1)nc(-c1[c-]ccc3c1oc1ccccc13)n2-c1c(C(C)C)cc(-c2ccccc2)cc1C(C)C.[Ir]. The van der Waals surface area contributed by atoms with Gasteiger partial charge in [-0.2, -0.15) is 0 Å². The summed E-state index contributed by atoms with van der Waals surface area (Å²) in [6.45, 7) is 15.7. The molecule has 5 aromatic carbocycles. The normalized spacial score (nSPS) is 11.8. The van der Waals surface area contributed by atoms with Crippen molar-refractivity contribution >= 4 is 50.6 Å². The summed E-state index contributed by atoms with van der Waals surface area (Å²) in [5, 5.41) is 2.16.